The second-order valence-electron chi connectivity index (χ2n) is 4.84. The fourth-order valence-corrected chi connectivity index (χ4v) is 2.41. The minimum absolute atomic E-state index is 0.0173. The molecule has 1 saturated carbocycles. The van der Waals surface area contributed by atoms with E-state index in [9.17, 15) is 4.79 Å². The Morgan fingerprint density at radius 2 is 2.44 bits per heavy atom. The van der Waals surface area contributed by atoms with Crippen LogP contribution in [0.25, 0.3) is 0 Å². The summed E-state index contributed by atoms with van der Waals surface area (Å²) in [5, 5.41) is 0. The smallest absolute Gasteiger partial charge is 0.146 e. The number of rotatable bonds is 3. The van der Waals surface area contributed by atoms with Gasteiger partial charge in [0, 0.05) is 29.8 Å². The molecule has 0 radical (unpaired) electrons. The van der Waals surface area contributed by atoms with E-state index in [-0.39, 0.29) is 17.2 Å². The molecule has 1 aliphatic carbocycles. The fourth-order valence-electron chi connectivity index (χ4n) is 2.41. The normalized spacial score (nSPS) is 29.2. The summed E-state index contributed by atoms with van der Waals surface area (Å²) >= 11 is 0. The lowest BCUT2D eigenvalue weighted by Crippen LogP contribution is -2.41. The summed E-state index contributed by atoms with van der Waals surface area (Å²) < 4.78 is 0. The molecule has 1 aromatic rings. The highest BCUT2D eigenvalue weighted by Crippen LogP contribution is 2.38. The van der Waals surface area contributed by atoms with Crippen molar-refractivity contribution in [3.8, 4) is 0 Å². The number of ketones is 1. The standard InChI is InChI=1S/C13H18N2O/c1-13(7-4-6-11(13)14)12(16)9-10-5-2-3-8-15-10/h2-3,5,8,11H,4,6-7,9,14H2,1H3. The number of pyridine rings is 1. The highest BCUT2D eigenvalue weighted by Gasteiger charge is 2.42. The number of hydrogen-bond donors (Lipinski definition) is 1. The second kappa shape index (κ2) is 4.34. The van der Waals surface area contributed by atoms with E-state index in [2.05, 4.69) is 4.98 Å². The van der Waals surface area contributed by atoms with Gasteiger partial charge in [-0.2, -0.15) is 0 Å². The molecule has 0 amide bonds. The van der Waals surface area contributed by atoms with Gasteiger partial charge in [-0.25, -0.2) is 0 Å². The molecule has 3 nitrogen and oxygen atoms in total. The molecule has 1 aromatic heterocycles. The van der Waals surface area contributed by atoms with Crippen molar-refractivity contribution in [1.82, 2.24) is 4.98 Å². The Bertz CT molecular complexity index is 377. The number of hydrogen-bond acceptors (Lipinski definition) is 3. The Hall–Kier alpha value is -1.22. The summed E-state index contributed by atoms with van der Waals surface area (Å²) in [6.07, 6.45) is 5.07. The van der Waals surface area contributed by atoms with Crippen molar-refractivity contribution in [3.63, 3.8) is 0 Å². The topological polar surface area (TPSA) is 56.0 Å². The van der Waals surface area contributed by atoms with E-state index in [0.29, 0.717) is 6.42 Å². The summed E-state index contributed by atoms with van der Waals surface area (Å²) in [5.41, 5.74) is 6.53. The maximum atomic E-state index is 12.2. The number of aromatic nitrogens is 1. The molecule has 2 unspecified atom stereocenters. The quantitative estimate of drug-likeness (QED) is 0.840. The Morgan fingerprint density at radius 1 is 1.62 bits per heavy atom. The van der Waals surface area contributed by atoms with Crippen LogP contribution in [0.3, 0.4) is 0 Å². The van der Waals surface area contributed by atoms with Gasteiger partial charge in [-0.1, -0.05) is 19.4 Å². The van der Waals surface area contributed by atoms with Gasteiger partial charge in [-0.3, -0.25) is 9.78 Å². The van der Waals surface area contributed by atoms with Crippen LogP contribution in [0.4, 0.5) is 0 Å². The first kappa shape index (κ1) is 11.3. The number of nitrogens with two attached hydrogens (primary N) is 1. The zero-order chi connectivity index (χ0) is 11.6. The minimum Gasteiger partial charge on any atom is -0.327 e. The largest absolute Gasteiger partial charge is 0.327 e. The van der Waals surface area contributed by atoms with Gasteiger partial charge < -0.3 is 5.73 Å². The molecule has 16 heavy (non-hydrogen) atoms. The Kier molecular flexibility index (Phi) is 3.06. The fraction of sp³-hybridized carbons (Fsp3) is 0.538. The SMILES string of the molecule is CC1(C(=O)Cc2ccccn2)CCCC1N. The van der Waals surface area contributed by atoms with Crippen LogP contribution < -0.4 is 5.73 Å². The van der Waals surface area contributed by atoms with Gasteiger partial charge in [-0.05, 0) is 25.0 Å². The molecule has 1 aliphatic rings. The van der Waals surface area contributed by atoms with Crippen molar-refractivity contribution in [3.05, 3.63) is 30.1 Å². The van der Waals surface area contributed by atoms with Gasteiger partial charge in [0.05, 0.1) is 0 Å². The number of carbonyl (C=O) groups excluding carboxylic acids is 1. The average molecular weight is 218 g/mol. The molecular formula is C13H18N2O. The van der Waals surface area contributed by atoms with E-state index in [4.69, 9.17) is 5.73 Å². The van der Waals surface area contributed by atoms with E-state index in [0.717, 1.165) is 25.0 Å². The molecule has 0 spiro atoms. The van der Waals surface area contributed by atoms with Crippen LogP contribution in [-0.4, -0.2) is 16.8 Å². The Balaban J connectivity index is 2.09. The van der Waals surface area contributed by atoms with Crippen molar-refractivity contribution in [2.24, 2.45) is 11.1 Å². The molecular weight excluding hydrogens is 200 g/mol. The predicted molar refractivity (Wildman–Crippen MR) is 62.9 cm³/mol. The maximum Gasteiger partial charge on any atom is 0.146 e. The summed E-state index contributed by atoms with van der Waals surface area (Å²) in [6.45, 7) is 2.00. The highest BCUT2D eigenvalue weighted by molar-refractivity contribution is 5.87. The van der Waals surface area contributed by atoms with Gasteiger partial charge in [0.15, 0.2) is 0 Å². The van der Waals surface area contributed by atoms with Gasteiger partial charge >= 0.3 is 0 Å². The van der Waals surface area contributed by atoms with Gasteiger partial charge in [0.2, 0.25) is 0 Å². The van der Waals surface area contributed by atoms with E-state index in [1.54, 1.807) is 6.20 Å². The lowest BCUT2D eigenvalue weighted by atomic mass is 9.79. The van der Waals surface area contributed by atoms with E-state index in [1.807, 2.05) is 25.1 Å². The third kappa shape index (κ3) is 2.00. The van der Waals surface area contributed by atoms with Crippen molar-refractivity contribution >= 4 is 5.78 Å². The van der Waals surface area contributed by atoms with Crippen LogP contribution in [-0.2, 0) is 11.2 Å². The zero-order valence-corrected chi connectivity index (χ0v) is 9.65. The highest BCUT2D eigenvalue weighted by atomic mass is 16.1. The van der Waals surface area contributed by atoms with Crippen LogP contribution in [0.15, 0.2) is 24.4 Å². The Labute approximate surface area is 96.1 Å². The van der Waals surface area contributed by atoms with Crippen molar-refractivity contribution in [1.29, 1.82) is 0 Å². The van der Waals surface area contributed by atoms with Crippen LogP contribution in [0.1, 0.15) is 31.9 Å². The number of nitrogens with zero attached hydrogens (tertiary/aromatic N) is 1. The molecule has 0 aliphatic heterocycles. The van der Waals surface area contributed by atoms with Gasteiger partial charge in [0.25, 0.3) is 0 Å². The minimum atomic E-state index is -0.336. The van der Waals surface area contributed by atoms with Gasteiger partial charge in [-0.15, -0.1) is 0 Å². The molecule has 1 heterocycles. The molecule has 1 fully saturated rings. The molecule has 0 aromatic carbocycles. The lowest BCUT2D eigenvalue weighted by molar-refractivity contribution is -0.127. The third-order valence-corrected chi connectivity index (χ3v) is 3.73. The molecule has 2 atom stereocenters. The third-order valence-electron chi connectivity index (χ3n) is 3.73. The molecule has 0 bridgehead atoms. The Morgan fingerprint density at radius 3 is 3.00 bits per heavy atom. The van der Waals surface area contributed by atoms with Crippen molar-refractivity contribution in [2.75, 3.05) is 0 Å². The van der Waals surface area contributed by atoms with E-state index in [1.165, 1.54) is 0 Å². The maximum absolute atomic E-state index is 12.2. The predicted octanol–water partition coefficient (Wildman–Crippen LogP) is 1.71. The summed E-state index contributed by atoms with van der Waals surface area (Å²) in [4.78, 5) is 16.4. The van der Waals surface area contributed by atoms with Crippen LogP contribution in [0.5, 0.6) is 0 Å². The molecule has 2 rings (SSSR count). The average Bonchev–Trinajstić information content (AvgIpc) is 2.62. The molecule has 0 saturated heterocycles. The summed E-state index contributed by atoms with van der Waals surface area (Å²) in [5.74, 6) is 0.233. The lowest BCUT2D eigenvalue weighted by Gasteiger charge is -2.27. The first-order valence-corrected chi connectivity index (χ1v) is 5.82. The second-order valence-corrected chi connectivity index (χ2v) is 4.84. The van der Waals surface area contributed by atoms with E-state index >= 15 is 0 Å². The number of Topliss-reactive ketones (excluding diaryl/α,β-unsaturated/α-hetero) is 1. The molecule has 86 valence electrons. The molecule has 3 heteroatoms. The van der Waals surface area contributed by atoms with Crippen LogP contribution >= 0.6 is 0 Å². The number of carbonyl (C=O) groups is 1. The summed E-state index contributed by atoms with van der Waals surface area (Å²) in [6, 6.07) is 5.68. The van der Waals surface area contributed by atoms with Crippen LogP contribution in [0.2, 0.25) is 0 Å². The van der Waals surface area contributed by atoms with Crippen molar-refractivity contribution in [2.45, 2.75) is 38.6 Å². The monoisotopic (exact) mass is 218 g/mol. The molecule has 2 N–H and O–H groups in total. The first-order valence-electron chi connectivity index (χ1n) is 5.82. The summed E-state index contributed by atoms with van der Waals surface area (Å²) in [7, 11) is 0. The van der Waals surface area contributed by atoms with Crippen molar-refractivity contribution < 1.29 is 4.79 Å². The zero-order valence-electron chi connectivity index (χ0n) is 9.65. The first-order chi connectivity index (χ1) is 7.63. The van der Waals surface area contributed by atoms with Crippen LogP contribution in [0, 0.1) is 5.41 Å². The van der Waals surface area contributed by atoms with Gasteiger partial charge in [0.1, 0.15) is 5.78 Å². The van der Waals surface area contributed by atoms with E-state index < -0.39 is 0 Å².